The van der Waals surface area contributed by atoms with E-state index in [1.165, 1.54) is 6.42 Å². The number of carboxylic acid groups (broad SMARTS) is 1. The molecular weight excluding hydrogens is 242 g/mol. The van der Waals surface area contributed by atoms with Crippen LogP contribution in [0.2, 0.25) is 0 Å². The molecule has 1 aliphatic heterocycles. The highest BCUT2D eigenvalue weighted by atomic mass is 16.5. The highest BCUT2D eigenvalue weighted by Gasteiger charge is 2.24. The molecule has 0 unspecified atom stereocenters. The standard InChI is InChI=1S/C15H21NO3/c1-11-6-12(8-13(7-11)15(17)18)9-16-5-3-4-14(16)10-19-2/h6-8,14H,3-5,9-10H2,1-2H3,(H,17,18)/t14-/m0/s1. The van der Waals surface area contributed by atoms with Gasteiger partial charge in [-0.2, -0.15) is 0 Å². The number of aryl methyl sites for hydroxylation is 1. The maximum Gasteiger partial charge on any atom is 0.335 e. The van der Waals surface area contributed by atoms with E-state index in [4.69, 9.17) is 9.84 Å². The quantitative estimate of drug-likeness (QED) is 0.885. The van der Waals surface area contributed by atoms with Crippen LogP contribution in [-0.4, -0.2) is 42.3 Å². The fourth-order valence-electron chi connectivity index (χ4n) is 2.80. The molecule has 0 spiro atoms. The van der Waals surface area contributed by atoms with Crippen molar-refractivity contribution in [2.24, 2.45) is 0 Å². The van der Waals surface area contributed by atoms with Gasteiger partial charge in [-0.05, 0) is 49.6 Å². The maximum atomic E-state index is 11.1. The van der Waals surface area contributed by atoms with Gasteiger partial charge in [0.25, 0.3) is 0 Å². The van der Waals surface area contributed by atoms with Gasteiger partial charge in [0.1, 0.15) is 0 Å². The number of nitrogens with zero attached hydrogens (tertiary/aromatic N) is 1. The molecule has 0 radical (unpaired) electrons. The molecule has 19 heavy (non-hydrogen) atoms. The first kappa shape index (κ1) is 14.0. The van der Waals surface area contributed by atoms with Gasteiger partial charge in [-0.1, -0.05) is 6.07 Å². The van der Waals surface area contributed by atoms with Gasteiger partial charge in [0.2, 0.25) is 0 Å². The van der Waals surface area contributed by atoms with E-state index in [-0.39, 0.29) is 0 Å². The molecule has 1 aromatic rings. The molecule has 0 saturated carbocycles. The summed E-state index contributed by atoms with van der Waals surface area (Å²) in [6.07, 6.45) is 2.34. The van der Waals surface area contributed by atoms with Crippen LogP contribution in [0.25, 0.3) is 0 Å². The predicted molar refractivity (Wildman–Crippen MR) is 73.4 cm³/mol. The lowest BCUT2D eigenvalue weighted by molar-refractivity contribution is 0.0696. The highest BCUT2D eigenvalue weighted by Crippen LogP contribution is 2.21. The number of rotatable bonds is 5. The molecule has 1 saturated heterocycles. The van der Waals surface area contributed by atoms with Gasteiger partial charge >= 0.3 is 5.97 Å². The van der Waals surface area contributed by atoms with Crippen LogP contribution in [0.3, 0.4) is 0 Å². The van der Waals surface area contributed by atoms with E-state index >= 15 is 0 Å². The third kappa shape index (κ3) is 3.55. The fraction of sp³-hybridized carbons (Fsp3) is 0.533. The minimum atomic E-state index is -0.861. The molecule has 1 aliphatic rings. The highest BCUT2D eigenvalue weighted by molar-refractivity contribution is 5.88. The second kappa shape index (κ2) is 6.17. The molecular formula is C15H21NO3. The average Bonchev–Trinajstić information content (AvgIpc) is 2.76. The Balaban J connectivity index is 2.12. The summed E-state index contributed by atoms with van der Waals surface area (Å²) in [6.45, 7) is 4.55. The van der Waals surface area contributed by atoms with Crippen LogP contribution < -0.4 is 0 Å². The van der Waals surface area contributed by atoms with Crippen molar-refractivity contribution >= 4 is 5.97 Å². The van der Waals surface area contributed by atoms with Crippen molar-refractivity contribution in [2.45, 2.75) is 32.4 Å². The second-order valence-corrected chi connectivity index (χ2v) is 5.23. The zero-order valence-corrected chi connectivity index (χ0v) is 11.6. The molecule has 0 aromatic heterocycles. The van der Waals surface area contributed by atoms with Gasteiger partial charge in [0.15, 0.2) is 0 Å². The van der Waals surface area contributed by atoms with Gasteiger partial charge in [-0.25, -0.2) is 4.79 Å². The molecule has 4 nitrogen and oxygen atoms in total. The van der Waals surface area contributed by atoms with Crippen molar-refractivity contribution in [1.82, 2.24) is 4.90 Å². The maximum absolute atomic E-state index is 11.1. The van der Waals surface area contributed by atoms with Crippen LogP contribution in [-0.2, 0) is 11.3 Å². The third-order valence-electron chi connectivity index (χ3n) is 3.63. The molecule has 1 N–H and O–H groups in total. The zero-order valence-electron chi connectivity index (χ0n) is 11.6. The Bertz CT molecular complexity index is 459. The Morgan fingerprint density at radius 2 is 2.26 bits per heavy atom. The van der Waals surface area contributed by atoms with Crippen molar-refractivity contribution in [3.8, 4) is 0 Å². The number of hydrogen-bond acceptors (Lipinski definition) is 3. The number of aromatic carboxylic acids is 1. The first-order valence-electron chi connectivity index (χ1n) is 6.67. The van der Waals surface area contributed by atoms with E-state index in [1.54, 1.807) is 19.2 Å². The van der Waals surface area contributed by atoms with Crippen molar-refractivity contribution in [3.05, 3.63) is 34.9 Å². The monoisotopic (exact) mass is 263 g/mol. The molecule has 1 heterocycles. The lowest BCUT2D eigenvalue weighted by Gasteiger charge is -2.24. The second-order valence-electron chi connectivity index (χ2n) is 5.23. The molecule has 1 aromatic carbocycles. The van der Waals surface area contributed by atoms with Crippen molar-refractivity contribution in [3.63, 3.8) is 0 Å². The van der Waals surface area contributed by atoms with E-state index in [2.05, 4.69) is 11.0 Å². The summed E-state index contributed by atoms with van der Waals surface area (Å²) in [4.78, 5) is 13.5. The number of ether oxygens (including phenoxy) is 1. The molecule has 1 fully saturated rings. The van der Waals surface area contributed by atoms with E-state index in [0.29, 0.717) is 11.6 Å². The summed E-state index contributed by atoms with van der Waals surface area (Å²) in [5.41, 5.74) is 2.44. The van der Waals surface area contributed by atoms with Crippen molar-refractivity contribution < 1.29 is 14.6 Å². The summed E-state index contributed by atoms with van der Waals surface area (Å²) in [7, 11) is 1.73. The van der Waals surface area contributed by atoms with Gasteiger partial charge < -0.3 is 9.84 Å². The minimum Gasteiger partial charge on any atom is -0.478 e. The predicted octanol–water partition coefficient (Wildman–Crippen LogP) is 2.30. The van der Waals surface area contributed by atoms with Gasteiger partial charge in [0, 0.05) is 19.7 Å². The van der Waals surface area contributed by atoms with Gasteiger partial charge in [-0.3, -0.25) is 4.90 Å². The minimum absolute atomic E-state index is 0.373. The number of hydrogen-bond donors (Lipinski definition) is 1. The number of carboxylic acids is 1. The molecule has 104 valence electrons. The topological polar surface area (TPSA) is 49.8 Å². The summed E-state index contributed by atoms with van der Waals surface area (Å²) in [5.74, 6) is -0.861. The number of benzene rings is 1. The molecule has 0 bridgehead atoms. The number of likely N-dealkylation sites (tertiary alicyclic amines) is 1. The van der Waals surface area contributed by atoms with Crippen LogP contribution in [0.5, 0.6) is 0 Å². The van der Waals surface area contributed by atoms with E-state index in [0.717, 1.165) is 37.2 Å². The van der Waals surface area contributed by atoms with Gasteiger partial charge in [0.05, 0.1) is 12.2 Å². The van der Waals surface area contributed by atoms with E-state index in [9.17, 15) is 4.79 Å². The van der Waals surface area contributed by atoms with Crippen molar-refractivity contribution in [2.75, 3.05) is 20.3 Å². The first-order valence-corrected chi connectivity index (χ1v) is 6.67. The molecule has 2 rings (SSSR count). The summed E-state index contributed by atoms with van der Waals surface area (Å²) >= 11 is 0. The normalized spacial score (nSPS) is 19.8. The number of methoxy groups -OCH3 is 1. The zero-order chi connectivity index (χ0) is 13.8. The molecule has 4 heteroatoms. The Morgan fingerprint density at radius 3 is 2.95 bits per heavy atom. The molecule has 0 aliphatic carbocycles. The average molecular weight is 263 g/mol. The van der Waals surface area contributed by atoms with Crippen LogP contribution in [0.1, 0.15) is 34.3 Å². The van der Waals surface area contributed by atoms with Crippen LogP contribution in [0.4, 0.5) is 0 Å². The van der Waals surface area contributed by atoms with Crippen molar-refractivity contribution in [1.29, 1.82) is 0 Å². The van der Waals surface area contributed by atoms with Crippen LogP contribution in [0, 0.1) is 6.92 Å². The lowest BCUT2D eigenvalue weighted by atomic mass is 10.1. The number of carbonyl (C=O) groups is 1. The molecule has 1 atom stereocenters. The van der Waals surface area contributed by atoms with Crippen LogP contribution in [0.15, 0.2) is 18.2 Å². The van der Waals surface area contributed by atoms with Crippen LogP contribution >= 0.6 is 0 Å². The third-order valence-corrected chi connectivity index (χ3v) is 3.63. The Kier molecular flexibility index (Phi) is 4.56. The lowest BCUT2D eigenvalue weighted by Crippen LogP contribution is -2.32. The van der Waals surface area contributed by atoms with E-state index < -0.39 is 5.97 Å². The Morgan fingerprint density at radius 1 is 1.47 bits per heavy atom. The summed E-state index contributed by atoms with van der Waals surface area (Å²) in [5, 5.41) is 9.10. The molecule has 0 amide bonds. The summed E-state index contributed by atoms with van der Waals surface area (Å²) < 4.78 is 5.24. The Labute approximate surface area is 114 Å². The fourth-order valence-corrected chi connectivity index (χ4v) is 2.80. The van der Waals surface area contributed by atoms with Gasteiger partial charge in [-0.15, -0.1) is 0 Å². The van der Waals surface area contributed by atoms with E-state index in [1.807, 2.05) is 6.92 Å². The largest absolute Gasteiger partial charge is 0.478 e. The first-order chi connectivity index (χ1) is 9.10. The summed E-state index contributed by atoms with van der Waals surface area (Å²) in [6, 6.07) is 6.01. The Hall–Kier alpha value is -1.39. The smallest absolute Gasteiger partial charge is 0.335 e. The SMILES string of the molecule is COC[C@@H]1CCCN1Cc1cc(C)cc(C(=O)O)c1.